The Labute approximate surface area is 129 Å². The highest BCUT2D eigenvalue weighted by atomic mass is 32.2. The number of anilines is 1. The molecule has 0 fully saturated rings. The average molecular weight is 305 g/mol. The third kappa shape index (κ3) is 4.61. The van der Waals surface area contributed by atoms with E-state index in [-0.39, 0.29) is 0 Å². The first-order valence-electron chi connectivity index (χ1n) is 6.70. The molecule has 1 heterocycles. The van der Waals surface area contributed by atoms with Gasteiger partial charge in [0.2, 0.25) is 0 Å². The molecule has 1 aromatic carbocycles. The van der Waals surface area contributed by atoms with Gasteiger partial charge in [-0.2, -0.15) is 0 Å². The molecule has 0 amide bonds. The maximum absolute atomic E-state index is 5.38. The number of benzene rings is 1. The number of methoxy groups -OCH3 is 1. The minimum absolute atomic E-state index is 0.414. The van der Waals surface area contributed by atoms with Gasteiger partial charge in [0.1, 0.15) is 23.2 Å². The predicted octanol–water partition coefficient (Wildman–Crippen LogP) is 3.21. The second-order valence-electron chi connectivity index (χ2n) is 4.18. The molecule has 0 radical (unpaired) electrons. The van der Waals surface area contributed by atoms with E-state index in [1.165, 1.54) is 0 Å². The van der Waals surface area contributed by atoms with Crippen molar-refractivity contribution in [3.8, 4) is 5.75 Å². The summed E-state index contributed by atoms with van der Waals surface area (Å²) in [6.45, 7) is 3.01. The van der Waals surface area contributed by atoms with Crippen LogP contribution < -0.4 is 10.1 Å². The van der Waals surface area contributed by atoms with Crippen LogP contribution in [0.25, 0.3) is 0 Å². The van der Waals surface area contributed by atoms with Gasteiger partial charge >= 0.3 is 0 Å². The van der Waals surface area contributed by atoms with Crippen molar-refractivity contribution < 1.29 is 9.47 Å². The van der Waals surface area contributed by atoms with Gasteiger partial charge in [-0.1, -0.05) is 17.8 Å². The first-order chi connectivity index (χ1) is 10.2. The van der Waals surface area contributed by atoms with Crippen LogP contribution in [0.3, 0.4) is 0 Å². The standard InChI is InChI=1S/C15H19N3O2S/c1-4-20-10-14-17-13(16-2)9-15(18-14)21-12-7-5-6-11(8-12)19-3/h5-9H,4,10H2,1-3H3,(H,16,17,18). The van der Waals surface area contributed by atoms with Crippen molar-refractivity contribution >= 4 is 17.6 Å². The van der Waals surface area contributed by atoms with Crippen LogP contribution in [0, 0.1) is 0 Å². The third-order valence-corrected chi connectivity index (χ3v) is 3.61. The largest absolute Gasteiger partial charge is 0.497 e. The summed E-state index contributed by atoms with van der Waals surface area (Å²) in [6, 6.07) is 9.80. The number of nitrogens with zero attached hydrogens (tertiary/aromatic N) is 2. The van der Waals surface area contributed by atoms with Gasteiger partial charge in [-0.05, 0) is 25.1 Å². The second kappa shape index (κ2) is 7.85. The molecule has 0 aliphatic carbocycles. The summed E-state index contributed by atoms with van der Waals surface area (Å²) in [7, 11) is 3.50. The van der Waals surface area contributed by atoms with E-state index in [0.717, 1.165) is 21.5 Å². The highest BCUT2D eigenvalue weighted by molar-refractivity contribution is 7.99. The predicted molar refractivity (Wildman–Crippen MR) is 84.0 cm³/mol. The Morgan fingerprint density at radius 2 is 2.10 bits per heavy atom. The molecule has 0 bridgehead atoms. The van der Waals surface area contributed by atoms with E-state index in [4.69, 9.17) is 9.47 Å². The fraction of sp³-hybridized carbons (Fsp3) is 0.333. The van der Waals surface area contributed by atoms with Gasteiger partial charge in [0.15, 0.2) is 5.82 Å². The van der Waals surface area contributed by atoms with Crippen molar-refractivity contribution in [1.29, 1.82) is 0 Å². The van der Waals surface area contributed by atoms with E-state index in [1.54, 1.807) is 18.9 Å². The first-order valence-corrected chi connectivity index (χ1v) is 7.52. The SMILES string of the molecule is CCOCc1nc(NC)cc(Sc2cccc(OC)c2)n1. The van der Waals surface area contributed by atoms with Crippen LogP contribution in [0.2, 0.25) is 0 Å². The fourth-order valence-corrected chi connectivity index (χ4v) is 2.58. The topological polar surface area (TPSA) is 56.3 Å². The lowest BCUT2D eigenvalue weighted by Gasteiger charge is -2.08. The summed E-state index contributed by atoms with van der Waals surface area (Å²) >= 11 is 1.57. The Morgan fingerprint density at radius 3 is 2.81 bits per heavy atom. The number of rotatable bonds is 7. The van der Waals surface area contributed by atoms with Crippen LogP contribution in [0.15, 0.2) is 40.3 Å². The Hall–Kier alpha value is -1.79. The molecule has 0 spiro atoms. The zero-order valence-electron chi connectivity index (χ0n) is 12.4. The first kappa shape index (κ1) is 15.6. The smallest absolute Gasteiger partial charge is 0.157 e. The molecule has 0 saturated heterocycles. The maximum Gasteiger partial charge on any atom is 0.157 e. The monoisotopic (exact) mass is 305 g/mol. The lowest BCUT2D eigenvalue weighted by Crippen LogP contribution is -2.03. The van der Waals surface area contributed by atoms with Crippen LogP contribution in [0.5, 0.6) is 5.75 Å². The molecule has 0 atom stereocenters. The summed E-state index contributed by atoms with van der Waals surface area (Å²) in [5, 5.41) is 3.92. The lowest BCUT2D eigenvalue weighted by molar-refractivity contribution is 0.128. The van der Waals surface area contributed by atoms with E-state index >= 15 is 0 Å². The molecule has 0 unspecified atom stereocenters. The normalized spacial score (nSPS) is 10.4. The van der Waals surface area contributed by atoms with Crippen molar-refractivity contribution in [1.82, 2.24) is 9.97 Å². The van der Waals surface area contributed by atoms with E-state index in [9.17, 15) is 0 Å². The van der Waals surface area contributed by atoms with Gasteiger partial charge in [-0.25, -0.2) is 9.97 Å². The van der Waals surface area contributed by atoms with E-state index in [2.05, 4.69) is 15.3 Å². The molecule has 0 aliphatic rings. The summed E-state index contributed by atoms with van der Waals surface area (Å²) in [6.07, 6.45) is 0. The highest BCUT2D eigenvalue weighted by Gasteiger charge is 2.06. The zero-order valence-corrected chi connectivity index (χ0v) is 13.2. The van der Waals surface area contributed by atoms with Crippen molar-refractivity contribution in [2.45, 2.75) is 23.5 Å². The summed E-state index contributed by atoms with van der Waals surface area (Å²) < 4.78 is 10.6. The summed E-state index contributed by atoms with van der Waals surface area (Å²) in [5.41, 5.74) is 0. The van der Waals surface area contributed by atoms with E-state index in [1.807, 2.05) is 44.3 Å². The molecule has 21 heavy (non-hydrogen) atoms. The van der Waals surface area contributed by atoms with Gasteiger partial charge < -0.3 is 14.8 Å². The lowest BCUT2D eigenvalue weighted by atomic mass is 10.3. The Bertz CT molecular complexity index is 593. The number of aromatic nitrogens is 2. The van der Waals surface area contributed by atoms with Gasteiger partial charge in [-0.15, -0.1) is 0 Å². The van der Waals surface area contributed by atoms with Gasteiger partial charge in [0.25, 0.3) is 0 Å². The van der Waals surface area contributed by atoms with Gasteiger partial charge in [-0.3, -0.25) is 0 Å². The fourth-order valence-electron chi connectivity index (χ4n) is 1.70. The Balaban J connectivity index is 2.21. The minimum atomic E-state index is 0.414. The molecule has 2 aromatic rings. The Kier molecular flexibility index (Phi) is 5.83. The molecule has 0 aliphatic heterocycles. The van der Waals surface area contributed by atoms with Crippen LogP contribution >= 0.6 is 11.8 Å². The maximum atomic E-state index is 5.38. The molecule has 5 nitrogen and oxygen atoms in total. The van der Waals surface area contributed by atoms with E-state index in [0.29, 0.717) is 19.0 Å². The van der Waals surface area contributed by atoms with Crippen molar-refractivity contribution in [2.24, 2.45) is 0 Å². The van der Waals surface area contributed by atoms with Crippen molar-refractivity contribution in [3.63, 3.8) is 0 Å². The van der Waals surface area contributed by atoms with Gasteiger partial charge in [0, 0.05) is 24.6 Å². The zero-order chi connectivity index (χ0) is 15.1. The quantitative estimate of drug-likeness (QED) is 0.793. The van der Waals surface area contributed by atoms with Crippen molar-refractivity contribution in [2.75, 3.05) is 26.1 Å². The summed E-state index contributed by atoms with van der Waals surface area (Å²) in [5.74, 6) is 2.29. The average Bonchev–Trinajstić information content (AvgIpc) is 2.52. The van der Waals surface area contributed by atoms with Crippen LogP contribution in [0.1, 0.15) is 12.7 Å². The molecule has 112 valence electrons. The van der Waals surface area contributed by atoms with Crippen LogP contribution in [-0.4, -0.2) is 30.7 Å². The molecule has 2 rings (SSSR count). The molecule has 1 N–H and O–H groups in total. The molecule has 6 heteroatoms. The van der Waals surface area contributed by atoms with Crippen LogP contribution in [-0.2, 0) is 11.3 Å². The van der Waals surface area contributed by atoms with Crippen LogP contribution in [0.4, 0.5) is 5.82 Å². The third-order valence-electron chi connectivity index (χ3n) is 2.70. The van der Waals surface area contributed by atoms with E-state index < -0.39 is 0 Å². The summed E-state index contributed by atoms with van der Waals surface area (Å²) in [4.78, 5) is 9.96. The second-order valence-corrected chi connectivity index (χ2v) is 5.27. The van der Waals surface area contributed by atoms with Gasteiger partial charge in [0.05, 0.1) is 7.11 Å². The minimum Gasteiger partial charge on any atom is -0.497 e. The van der Waals surface area contributed by atoms with Crippen molar-refractivity contribution in [3.05, 3.63) is 36.2 Å². The molecule has 1 aromatic heterocycles. The molecule has 0 saturated carbocycles. The number of hydrogen-bond acceptors (Lipinski definition) is 6. The highest BCUT2D eigenvalue weighted by Crippen LogP contribution is 2.29. The Morgan fingerprint density at radius 1 is 1.24 bits per heavy atom. The number of ether oxygens (including phenoxy) is 2. The number of nitrogens with one attached hydrogen (secondary N) is 1. The number of hydrogen-bond donors (Lipinski definition) is 1. The molecular weight excluding hydrogens is 286 g/mol. The molecular formula is C15H19N3O2S.